The normalized spacial score (nSPS) is 13.7. The van der Waals surface area contributed by atoms with Gasteiger partial charge in [-0.05, 0) is 132 Å². The van der Waals surface area contributed by atoms with E-state index in [-0.39, 0.29) is 0 Å². The third kappa shape index (κ3) is 5.80. The summed E-state index contributed by atoms with van der Waals surface area (Å²) in [5.74, 6) is 0. The lowest BCUT2D eigenvalue weighted by molar-refractivity contribution is 0.669. The number of nitrogens with zero attached hydrogens (tertiary/aromatic N) is 1. The summed E-state index contributed by atoms with van der Waals surface area (Å²) in [5, 5.41) is 2.20. The SMILES string of the molecule is c1ccc(C2(c3ccccc3)c3ccccc3-c3cc(N(c4ccc(-c5ccc6c(c5)C(c5ccccc5)(c5ccccc5)c5ccccc5-6)cc4)c4ccc5oc6ccccc6c5c4)ccc32)cc1. The first kappa shape index (κ1) is 40.1. The summed E-state index contributed by atoms with van der Waals surface area (Å²) in [6.07, 6.45) is 0. The van der Waals surface area contributed by atoms with Gasteiger partial charge >= 0.3 is 0 Å². The Hall–Kier alpha value is -8.98. The lowest BCUT2D eigenvalue weighted by Crippen LogP contribution is -2.28. The molecule has 0 spiro atoms. The molecule has 12 aromatic rings. The summed E-state index contributed by atoms with van der Waals surface area (Å²) in [6.45, 7) is 0. The molecule has 11 aromatic carbocycles. The maximum atomic E-state index is 6.37. The third-order valence-corrected chi connectivity index (χ3v) is 15.2. The van der Waals surface area contributed by atoms with Crippen LogP contribution in [0.3, 0.4) is 0 Å². The highest BCUT2D eigenvalue weighted by atomic mass is 16.3. The summed E-state index contributed by atoms with van der Waals surface area (Å²) in [4.78, 5) is 2.41. The molecule has 0 amide bonds. The Bertz CT molecular complexity index is 3850. The molecule has 0 fully saturated rings. The third-order valence-electron chi connectivity index (χ3n) is 15.2. The maximum absolute atomic E-state index is 6.37. The zero-order chi connectivity index (χ0) is 46.2. The van der Waals surface area contributed by atoms with Gasteiger partial charge in [0.2, 0.25) is 0 Å². The second-order valence-electron chi connectivity index (χ2n) is 18.7. The smallest absolute Gasteiger partial charge is 0.135 e. The van der Waals surface area contributed by atoms with Gasteiger partial charge in [-0.25, -0.2) is 0 Å². The molecule has 328 valence electrons. The number of hydrogen-bond donors (Lipinski definition) is 0. The Balaban J connectivity index is 0.942. The highest BCUT2D eigenvalue weighted by Crippen LogP contribution is 2.59. The van der Waals surface area contributed by atoms with Crippen LogP contribution in [0.2, 0.25) is 0 Å². The highest BCUT2D eigenvalue weighted by molar-refractivity contribution is 6.06. The van der Waals surface area contributed by atoms with Crippen molar-refractivity contribution in [1.82, 2.24) is 0 Å². The van der Waals surface area contributed by atoms with Crippen LogP contribution in [0.25, 0.3) is 55.3 Å². The molecular formula is C68H45NO. The number of rotatable bonds is 8. The Morgan fingerprint density at radius 3 is 1.30 bits per heavy atom. The second-order valence-corrected chi connectivity index (χ2v) is 18.7. The standard InChI is InChI=1S/C68H45NO/c1-5-19-48(20-6-1)67(49-21-7-2-8-22-49)62-31-17-14-28-56(62)59-44-53(38-41-63(59)67)69(54-39-42-66-60(45-54)58-29-15-18-32-65(58)70-66)52-36-33-46(34-37-52)47-35-40-57-55-27-13-16-30-61(55)68(64(57)43-47,50-23-9-3-10-24-50)51-25-11-4-12-26-51/h1-45H. The number of furan rings is 1. The summed E-state index contributed by atoms with van der Waals surface area (Å²) in [7, 11) is 0. The average Bonchev–Trinajstić information content (AvgIpc) is 4.07. The topological polar surface area (TPSA) is 16.4 Å². The molecule has 0 unspecified atom stereocenters. The monoisotopic (exact) mass is 891 g/mol. The van der Waals surface area contributed by atoms with E-state index in [2.05, 4.69) is 272 Å². The zero-order valence-corrected chi connectivity index (χ0v) is 38.3. The minimum absolute atomic E-state index is 0.470. The lowest BCUT2D eigenvalue weighted by atomic mass is 9.67. The summed E-state index contributed by atoms with van der Waals surface area (Å²) >= 11 is 0. The summed E-state index contributed by atoms with van der Waals surface area (Å²) < 4.78 is 6.37. The second kappa shape index (κ2) is 15.8. The molecule has 2 heteroatoms. The van der Waals surface area contributed by atoms with Crippen LogP contribution in [-0.4, -0.2) is 0 Å². The quantitative estimate of drug-likeness (QED) is 0.151. The van der Waals surface area contributed by atoms with Gasteiger partial charge in [-0.3, -0.25) is 0 Å². The lowest BCUT2D eigenvalue weighted by Gasteiger charge is -2.34. The fourth-order valence-corrected chi connectivity index (χ4v) is 12.3. The first-order chi connectivity index (χ1) is 34.7. The van der Waals surface area contributed by atoms with Crippen LogP contribution in [0.15, 0.2) is 277 Å². The molecule has 0 bridgehead atoms. The number of benzene rings is 11. The summed E-state index contributed by atoms with van der Waals surface area (Å²) in [5.41, 5.74) is 21.6. The molecule has 0 aliphatic heterocycles. The van der Waals surface area contributed by atoms with E-state index in [4.69, 9.17) is 4.42 Å². The Morgan fingerprint density at radius 1 is 0.257 bits per heavy atom. The molecule has 2 aliphatic rings. The minimum Gasteiger partial charge on any atom is -0.456 e. The van der Waals surface area contributed by atoms with Gasteiger partial charge in [-0.1, -0.05) is 218 Å². The van der Waals surface area contributed by atoms with Crippen molar-refractivity contribution >= 4 is 39.0 Å². The van der Waals surface area contributed by atoms with E-state index < -0.39 is 10.8 Å². The average molecular weight is 892 g/mol. The van der Waals surface area contributed by atoms with Gasteiger partial charge in [-0.15, -0.1) is 0 Å². The maximum Gasteiger partial charge on any atom is 0.135 e. The molecule has 1 aromatic heterocycles. The van der Waals surface area contributed by atoms with E-state index in [1.165, 1.54) is 72.3 Å². The Kier molecular flexibility index (Phi) is 9.06. The van der Waals surface area contributed by atoms with Crippen molar-refractivity contribution in [3.05, 3.63) is 317 Å². The van der Waals surface area contributed by atoms with Crippen LogP contribution >= 0.6 is 0 Å². The van der Waals surface area contributed by atoms with Gasteiger partial charge < -0.3 is 9.32 Å². The number of anilines is 3. The van der Waals surface area contributed by atoms with Crippen LogP contribution in [-0.2, 0) is 10.8 Å². The zero-order valence-electron chi connectivity index (χ0n) is 38.3. The van der Waals surface area contributed by atoms with Gasteiger partial charge in [-0.2, -0.15) is 0 Å². The van der Waals surface area contributed by atoms with E-state index >= 15 is 0 Å². The molecule has 2 aliphatic carbocycles. The predicted octanol–water partition coefficient (Wildman–Crippen LogP) is 17.4. The van der Waals surface area contributed by atoms with Crippen molar-refractivity contribution in [3.63, 3.8) is 0 Å². The van der Waals surface area contributed by atoms with E-state index in [0.29, 0.717) is 0 Å². The van der Waals surface area contributed by atoms with E-state index in [9.17, 15) is 0 Å². The fraction of sp³-hybridized carbons (Fsp3) is 0.0294. The molecule has 0 atom stereocenters. The van der Waals surface area contributed by atoms with Gasteiger partial charge in [0, 0.05) is 27.8 Å². The number of hydrogen-bond acceptors (Lipinski definition) is 2. The van der Waals surface area contributed by atoms with Gasteiger partial charge in [0.05, 0.1) is 10.8 Å². The molecule has 1 heterocycles. The first-order valence-electron chi connectivity index (χ1n) is 24.2. The Labute approximate surface area is 408 Å². The van der Waals surface area contributed by atoms with E-state index in [0.717, 1.165) is 44.6 Å². The van der Waals surface area contributed by atoms with Crippen molar-refractivity contribution in [2.75, 3.05) is 4.90 Å². The highest BCUT2D eigenvalue weighted by Gasteiger charge is 2.47. The van der Waals surface area contributed by atoms with Crippen molar-refractivity contribution in [2.24, 2.45) is 0 Å². The van der Waals surface area contributed by atoms with Crippen molar-refractivity contribution < 1.29 is 4.42 Å². The molecule has 70 heavy (non-hydrogen) atoms. The van der Waals surface area contributed by atoms with E-state index in [1.807, 2.05) is 6.07 Å². The van der Waals surface area contributed by atoms with Crippen LogP contribution in [0, 0.1) is 0 Å². The molecule has 0 N–H and O–H groups in total. The minimum atomic E-state index is -0.482. The molecule has 14 rings (SSSR count). The van der Waals surface area contributed by atoms with Crippen LogP contribution in [0.4, 0.5) is 17.1 Å². The van der Waals surface area contributed by atoms with Crippen LogP contribution in [0.5, 0.6) is 0 Å². The van der Waals surface area contributed by atoms with Gasteiger partial charge in [0.25, 0.3) is 0 Å². The van der Waals surface area contributed by atoms with Crippen molar-refractivity contribution in [3.8, 4) is 33.4 Å². The molecular weight excluding hydrogens is 847 g/mol. The van der Waals surface area contributed by atoms with Crippen LogP contribution in [0.1, 0.15) is 44.5 Å². The van der Waals surface area contributed by atoms with Gasteiger partial charge in [0.15, 0.2) is 0 Å². The number of para-hydroxylation sites is 1. The van der Waals surface area contributed by atoms with Crippen molar-refractivity contribution in [2.45, 2.75) is 10.8 Å². The fourth-order valence-electron chi connectivity index (χ4n) is 12.3. The van der Waals surface area contributed by atoms with Gasteiger partial charge in [0.1, 0.15) is 11.2 Å². The predicted molar refractivity (Wildman–Crippen MR) is 288 cm³/mol. The van der Waals surface area contributed by atoms with E-state index in [1.54, 1.807) is 0 Å². The largest absolute Gasteiger partial charge is 0.456 e. The van der Waals surface area contributed by atoms with Crippen molar-refractivity contribution in [1.29, 1.82) is 0 Å². The Morgan fingerprint density at radius 2 is 0.686 bits per heavy atom. The summed E-state index contributed by atoms with van der Waals surface area (Å²) in [6, 6.07) is 100. The van der Waals surface area contributed by atoms with Crippen LogP contribution < -0.4 is 4.90 Å². The number of fused-ring (bicyclic) bond motifs is 9. The molecule has 2 nitrogen and oxygen atoms in total. The first-order valence-corrected chi connectivity index (χ1v) is 24.2. The molecule has 0 saturated heterocycles. The molecule has 0 radical (unpaired) electrons. The molecule has 0 saturated carbocycles.